The van der Waals surface area contributed by atoms with Crippen LogP contribution in [0.25, 0.3) is 11.3 Å². The van der Waals surface area contributed by atoms with E-state index in [1.807, 2.05) is 36.4 Å². The molecule has 1 saturated heterocycles. The lowest BCUT2D eigenvalue weighted by Gasteiger charge is -2.14. The highest BCUT2D eigenvalue weighted by Gasteiger charge is 2.21. The fraction of sp³-hybridized carbons (Fsp3) is 0.154. The molecule has 0 atom stereocenters. The smallest absolute Gasteiger partial charge is 0.321 e. The molecule has 2 aromatic rings. The predicted octanol–water partition coefficient (Wildman–Crippen LogP) is 2.48. The van der Waals surface area contributed by atoms with E-state index in [-0.39, 0.29) is 6.03 Å². The first kappa shape index (κ1) is 9.96. The van der Waals surface area contributed by atoms with Crippen LogP contribution in [0.2, 0.25) is 0 Å². The number of hydrogen-bond acceptors (Lipinski definition) is 2. The molecular formula is C13H12N2O2. The van der Waals surface area contributed by atoms with E-state index < -0.39 is 0 Å². The van der Waals surface area contributed by atoms with E-state index >= 15 is 0 Å². The van der Waals surface area contributed by atoms with Gasteiger partial charge in [-0.05, 0) is 24.3 Å². The second-order valence-electron chi connectivity index (χ2n) is 3.91. The molecule has 0 spiro atoms. The van der Waals surface area contributed by atoms with Crippen molar-refractivity contribution in [3.8, 4) is 11.3 Å². The van der Waals surface area contributed by atoms with Gasteiger partial charge in [-0.25, -0.2) is 4.79 Å². The van der Waals surface area contributed by atoms with Crippen LogP contribution in [-0.2, 0) is 0 Å². The van der Waals surface area contributed by atoms with Crippen molar-refractivity contribution in [2.75, 3.05) is 18.0 Å². The van der Waals surface area contributed by atoms with Crippen molar-refractivity contribution < 1.29 is 9.21 Å². The number of anilines is 1. The Morgan fingerprint density at radius 1 is 1.24 bits per heavy atom. The van der Waals surface area contributed by atoms with Gasteiger partial charge in [0.05, 0.1) is 6.26 Å². The van der Waals surface area contributed by atoms with Crippen LogP contribution in [-0.4, -0.2) is 19.1 Å². The van der Waals surface area contributed by atoms with Gasteiger partial charge in [0, 0.05) is 24.3 Å². The van der Waals surface area contributed by atoms with E-state index in [0.717, 1.165) is 17.0 Å². The Balaban J connectivity index is 1.97. The summed E-state index contributed by atoms with van der Waals surface area (Å²) in [6.45, 7) is 1.41. The normalized spacial score (nSPS) is 15.1. The molecule has 4 heteroatoms. The SMILES string of the molecule is O=C1NCCN1c1cccc(-c2ccco2)c1. The van der Waals surface area contributed by atoms with Crippen molar-refractivity contribution in [2.45, 2.75) is 0 Å². The lowest BCUT2D eigenvalue weighted by molar-refractivity contribution is 0.252. The highest BCUT2D eigenvalue weighted by Crippen LogP contribution is 2.25. The van der Waals surface area contributed by atoms with Crippen LogP contribution < -0.4 is 10.2 Å². The maximum Gasteiger partial charge on any atom is 0.321 e. The largest absolute Gasteiger partial charge is 0.464 e. The van der Waals surface area contributed by atoms with Crippen molar-refractivity contribution in [3.63, 3.8) is 0 Å². The summed E-state index contributed by atoms with van der Waals surface area (Å²) < 4.78 is 5.34. The Hall–Kier alpha value is -2.23. The van der Waals surface area contributed by atoms with Gasteiger partial charge in [-0.1, -0.05) is 12.1 Å². The number of rotatable bonds is 2. The van der Waals surface area contributed by atoms with Crippen LogP contribution >= 0.6 is 0 Å². The number of nitrogens with one attached hydrogen (secondary N) is 1. The Bertz CT molecular complexity index is 534. The van der Waals surface area contributed by atoms with E-state index in [9.17, 15) is 4.79 Å². The predicted molar refractivity (Wildman–Crippen MR) is 64.9 cm³/mol. The Kier molecular flexibility index (Phi) is 2.33. The third kappa shape index (κ3) is 1.78. The van der Waals surface area contributed by atoms with Gasteiger partial charge in [0.25, 0.3) is 0 Å². The highest BCUT2D eigenvalue weighted by molar-refractivity contribution is 5.94. The first-order chi connectivity index (χ1) is 8.34. The fourth-order valence-corrected chi connectivity index (χ4v) is 1.99. The fourth-order valence-electron chi connectivity index (χ4n) is 1.99. The van der Waals surface area contributed by atoms with Crippen molar-refractivity contribution in [2.24, 2.45) is 0 Å². The Morgan fingerprint density at radius 3 is 2.88 bits per heavy atom. The zero-order valence-corrected chi connectivity index (χ0v) is 9.22. The molecule has 1 aromatic carbocycles. The maximum atomic E-state index is 11.6. The van der Waals surface area contributed by atoms with Crippen LogP contribution in [0, 0.1) is 0 Å². The van der Waals surface area contributed by atoms with Gasteiger partial charge < -0.3 is 9.73 Å². The molecule has 0 bridgehead atoms. The highest BCUT2D eigenvalue weighted by atomic mass is 16.3. The first-order valence-electron chi connectivity index (χ1n) is 5.54. The summed E-state index contributed by atoms with van der Waals surface area (Å²) in [5.74, 6) is 0.812. The summed E-state index contributed by atoms with van der Waals surface area (Å²) in [5, 5.41) is 2.79. The number of hydrogen-bond donors (Lipinski definition) is 1. The van der Waals surface area contributed by atoms with E-state index in [0.29, 0.717) is 13.1 Å². The average molecular weight is 228 g/mol. The molecule has 17 heavy (non-hydrogen) atoms. The number of benzene rings is 1. The lowest BCUT2D eigenvalue weighted by Crippen LogP contribution is -2.27. The van der Waals surface area contributed by atoms with E-state index in [1.165, 1.54) is 0 Å². The summed E-state index contributed by atoms with van der Waals surface area (Å²) in [6, 6.07) is 11.5. The third-order valence-electron chi connectivity index (χ3n) is 2.82. The van der Waals surface area contributed by atoms with E-state index in [1.54, 1.807) is 11.2 Å². The molecule has 86 valence electrons. The van der Waals surface area contributed by atoms with Crippen molar-refractivity contribution >= 4 is 11.7 Å². The van der Waals surface area contributed by atoms with Gasteiger partial charge in [0.15, 0.2) is 0 Å². The molecule has 1 fully saturated rings. The maximum absolute atomic E-state index is 11.6. The molecule has 0 unspecified atom stereocenters. The summed E-state index contributed by atoms with van der Waals surface area (Å²) in [7, 11) is 0. The van der Waals surface area contributed by atoms with Gasteiger partial charge in [0.1, 0.15) is 5.76 Å². The molecule has 0 saturated carbocycles. The third-order valence-corrected chi connectivity index (χ3v) is 2.82. The van der Waals surface area contributed by atoms with Crippen LogP contribution in [0.5, 0.6) is 0 Å². The zero-order valence-electron chi connectivity index (χ0n) is 9.22. The van der Waals surface area contributed by atoms with Gasteiger partial charge >= 0.3 is 6.03 Å². The molecule has 2 amide bonds. The van der Waals surface area contributed by atoms with Gasteiger partial charge in [-0.3, -0.25) is 4.90 Å². The molecule has 3 rings (SSSR count). The van der Waals surface area contributed by atoms with Gasteiger partial charge in [-0.15, -0.1) is 0 Å². The summed E-state index contributed by atoms with van der Waals surface area (Å²) in [5.41, 5.74) is 1.88. The number of carbonyl (C=O) groups is 1. The molecule has 0 aliphatic carbocycles. The summed E-state index contributed by atoms with van der Waals surface area (Å²) in [4.78, 5) is 13.3. The minimum absolute atomic E-state index is 0.0402. The van der Waals surface area contributed by atoms with Crippen molar-refractivity contribution in [1.82, 2.24) is 5.32 Å². The monoisotopic (exact) mass is 228 g/mol. The molecule has 1 N–H and O–H groups in total. The van der Waals surface area contributed by atoms with Crippen molar-refractivity contribution in [1.29, 1.82) is 0 Å². The Labute approximate surface area is 98.8 Å². The zero-order chi connectivity index (χ0) is 11.7. The molecule has 4 nitrogen and oxygen atoms in total. The number of carbonyl (C=O) groups excluding carboxylic acids is 1. The quantitative estimate of drug-likeness (QED) is 0.858. The number of amides is 2. The summed E-state index contributed by atoms with van der Waals surface area (Å²) in [6.07, 6.45) is 1.64. The van der Waals surface area contributed by atoms with Crippen molar-refractivity contribution in [3.05, 3.63) is 42.7 Å². The average Bonchev–Trinajstić information content (AvgIpc) is 2.99. The first-order valence-corrected chi connectivity index (χ1v) is 5.54. The summed E-state index contributed by atoms with van der Waals surface area (Å²) >= 11 is 0. The molecule has 0 radical (unpaired) electrons. The number of nitrogens with zero attached hydrogens (tertiary/aromatic N) is 1. The van der Waals surface area contributed by atoms with E-state index in [4.69, 9.17) is 4.42 Å². The topological polar surface area (TPSA) is 45.5 Å². The molecule has 2 heterocycles. The lowest BCUT2D eigenvalue weighted by atomic mass is 10.1. The second kappa shape index (κ2) is 3.97. The van der Waals surface area contributed by atoms with E-state index in [2.05, 4.69) is 5.32 Å². The molecular weight excluding hydrogens is 216 g/mol. The van der Waals surface area contributed by atoms with Crippen LogP contribution in [0.1, 0.15) is 0 Å². The number of furan rings is 1. The van der Waals surface area contributed by atoms with Crippen LogP contribution in [0.15, 0.2) is 47.1 Å². The molecule has 1 aliphatic rings. The van der Waals surface area contributed by atoms with Gasteiger partial charge in [0.2, 0.25) is 0 Å². The Morgan fingerprint density at radius 2 is 2.18 bits per heavy atom. The molecule has 1 aliphatic heterocycles. The van der Waals surface area contributed by atoms with Crippen LogP contribution in [0.4, 0.5) is 10.5 Å². The standard InChI is InChI=1S/C13H12N2O2/c16-13-14-6-7-15(13)11-4-1-3-10(9-11)12-5-2-8-17-12/h1-5,8-9H,6-7H2,(H,14,16). The van der Waals surface area contributed by atoms with Gasteiger partial charge in [-0.2, -0.15) is 0 Å². The minimum Gasteiger partial charge on any atom is -0.464 e. The number of urea groups is 1. The van der Waals surface area contributed by atoms with Crippen LogP contribution in [0.3, 0.4) is 0 Å². The molecule has 1 aromatic heterocycles. The second-order valence-corrected chi connectivity index (χ2v) is 3.91. The minimum atomic E-state index is -0.0402.